The largest absolute Gasteiger partial charge is 0.481 e. The summed E-state index contributed by atoms with van der Waals surface area (Å²) in [5, 5.41) is 13.0. The van der Waals surface area contributed by atoms with Gasteiger partial charge in [0.15, 0.2) is 0 Å². The fourth-order valence-electron chi connectivity index (χ4n) is 4.33. The van der Waals surface area contributed by atoms with Gasteiger partial charge in [-0.3, -0.25) is 14.4 Å². The summed E-state index contributed by atoms with van der Waals surface area (Å²) < 4.78 is 1.85. The molecule has 168 valence electrons. The Morgan fingerprint density at radius 1 is 1.15 bits per heavy atom. The smallest absolute Gasteiger partial charge is 0.307 e. The minimum Gasteiger partial charge on any atom is -0.481 e. The lowest BCUT2D eigenvalue weighted by molar-refractivity contribution is -0.136. The van der Waals surface area contributed by atoms with Gasteiger partial charge in [-0.15, -0.1) is 0 Å². The average molecular weight is 443 g/mol. The molecule has 1 fully saturated rings. The second-order valence-electron chi connectivity index (χ2n) is 8.73. The van der Waals surface area contributed by atoms with Crippen molar-refractivity contribution in [2.75, 3.05) is 19.6 Å². The average Bonchev–Trinajstić information content (AvgIpc) is 3.05. The first-order chi connectivity index (χ1) is 15.7. The third-order valence-corrected chi connectivity index (χ3v) is 6.04. The van der Waals surface area contributed by atoms with Crippen LogP contribution in [0.2, 0.25) is 0 Å². The van der Waals surface area contributed by atoms with E-state index in [0.717, 1.165) is 11.1 Å². The third kappa shape index (κ3) is 4.65. The molecule has 2 amide bonds. The summed E-state index contributed by atoms with van der Waals surface area (Å²) in [7, 11) is 6.01. The summed E-state index contributed by atoms with van der Waals surface area (Å²) >= 11 is 0. The second kappa shape index (κ2) is 9.14. The van der Waals surface area contributed by atoms with Gasteiger partial charge in [0.25, 0.3) is 5.91 Å². The van der Waals surface area contributed by atoms with E-state index >= 15 is 0 Å². The number of piperazine rings is 1. The van der Waals surface area contributed by atoms with E-state index in [-0.39, 0.29) is 24.8 Å². The molecule has 2 heterocycles. The molecule has 0 unspecified atom stereocenters. The van der Waals surface area contributed by atoms with Crippen molar-refractivity contribution in [3.8, 4) is 0 Å². The quantitative estimate of drug-likeness (QED) is 0.569. The second-order valence-corrected chi connectivity index (χ2v) is 8.73. The van der Waals surface area contributed by atoms with Crippen molar-refractivity contribution in [3.63, 3.8) is 0 Å². The van der Waals surface area contributed by atoms with Crippen molar-refractivity contribution < 1.29 is 19.5 Å². The van der Waals surface area contributed by atoms with E-state index in [4.69, 9.17) is 7.85 Å². The van der Waals surface area contributed by atoms with Crippen molar-refractivity contribution in [2.45, 2.75) is 32.7 Å². The number of amides is 2. The van der Waals surface area contributed by atoms with Crippen LogP contribution in [0.5, 0.6) is 0 Å². The molecule has 7 nitrogen and oxygen atoms in total. The lowest BCUT2D eigenvalue weighted by Crippen LogP contribution is -2.50. The Morgan fingerprint density at radius 3 is 2.52 bits per heavy atom. The predicted molar refractivity (Wildman–Crippen MR) is 127 cm³/mol. The van der Waals surface area contributed by atoms with Crippen LogP contribution in [0.4, 0.5) is 0 Å². The molecule has 0 atom stereocenters. The number of carboxylic acid groups (broad SMARTS) is 1. The van der Waals surface area contributed by atoms with Crippen LogP contribution in [-0.4, -0.2) is 59.8 Å². The molecule has 0 saturated carbocycles. The summed E-state index contributed by atoms with van der Waals surface area (Å²) in [6.45, 7) is 5.31. The molecule has 1 saturated heterocycles. The lowest BCUT2D eigenvalue weighted by Gasteiger charge is -2.27. The number of carbonyl (C=O) groups is 3. The number of carbonyl (C=O) groups excluding carboxylic acids is 2. The molecule has 8 heteroatoms. The Labute approximate surface area is 193 Å². The van der Waals surface area contributed by atoms with E-state index in [9.17, 15) is 19.5 Å². The van der Waals surface area contributed by atoms with Crippen molar-refractivity contribution in [2.24, 2.45) is 0 Å². The first kappa shape index (κ1) is 22.6. The maximum atomic E-state index is 13.7. The van der Waals surface area contributed by atoms with Gasteiger partial charge in [-0.05, 0) is 23.1 Å². The first-order valence-electron chi connectivity index (χ1n) is 11.0. The van der Waals surface area contributed by atoms with Gasteiger partial charge < -0.3 is 19.9 Å². The zero-order valence-corrected chi connectivity index (χ0v) is 18.8. The first-order valence-corrected chi connectivity index (χ1v) is 11.0. The van der Waals surface area contributed by atoms with Crippen LogP contribution >= 0.6 is 0 Å². The molecule has 4 rings (SSSR count). The van der Waals surface area contributed by atoms with Crippen molar-refractivity contribution >= 4 is 42.0 Å². The van der Waals surface area contributed by atoms with E-state index in [1.807, 2.05) is 22.8 Å². The van der Waals surface area contributed by atoms with E-state index in [1.165, 1.54) is 10.5 Å². The zero-order valence-electron chi connectivity index (χ0n) is 18.8. The Morgan fingerprint density at radius 2 is 1.88 bits per heavy atom. The molecule has 3 aromatic rings. The lowest BCUT2D eigenvalue weighted by atomic mass is 9.93. The van der Waals surface area contributed by atoms with Crippen LogP contribution in [-0.2, 0) is 22.6 Å². The van der Waals surface area contributed by atoms with Crippen molar-refractivity contribution in [1.29, 1.82) is 0 Å². The van der Waals surface area contributed by atoms with Crippen molar-refractivity contribution in [1.82, 2.24) is 14.8 Å². The SMILES string of the molecule is [B]c1ccc2c(c1)c(CC(=O)O)c(C(=O)N1CCNC(=O)C1)n2Cc1ccc(C(C)C)cc1. The maximum absolute atomic E-state index is 13.7. The molecule has 0 spiro atoms. The fourth-order valence-corrected chi connectivity index (χ4v) is 4.33. The number of benzene rings is 2. The van der Waals surface area contributed by atoms with Crippen LogP contribution < -0.4 is 10.8 Å². The number of rotatable bonds is 6. The molecular weight excluding hydrogens is 417 g/mol. The van der Waals surface area contributed by atoms with Crippen LogP contribution in [0.25, 0.3) is 10.9 Å². The van der Waals surface area contributed by atoms with Gasteiger partial charge in [0.1, 0.15) is 13.5 Å². The third-order valence-electron chi connectivity index (χ3n) is 6.04. The molecule has 2 N–H and O–H groups in total. The van der Waals surface area contributed by atoms with Gasteiger partial charge in [0.2, 0.25) is 5.91 Å². The highest BCUT2D eigenvalue weighted by atomic mass is 16.4. The summed E-state index contributed by atoms with van der Waals surface area (Å²) in [5.41, 5.74) is 4.13. The summed E-state index contributed by atoms with van der Waals surface area (Å²) in [6.07, 6.45) is -0.319. The van der Waals surface area contributed by atoms with Gasteiger partial charge in [0, 0.05) is 36.1 Å². The van der Waals surface area contributed by atoms with Gasteiger partial charge in [-0.1, -0.05) is 55.7 Å². The van der Waals surface area contributed by atoms with Crippen LogP contribution in [0, 0.1) is 0 Å². The minimum atomic E-state index is -1.04. The topological polar surface area (TPSA) is 91.6 Å². The summed E-state index contributed by atoms with van der Waals surface area (Å²) in [4.78, 5) is 38.8. The number of hydrogen-bond acceptors (Lipinski definition) is 3. The number of carboxylic acids is 1. The highest BCUT2D eigenvalue weighted by Crippen LogP contribution is 2.29. The van der Waals surface area contributed by atoms with E-state index in [1.54, 1.807) is 12.1 Å². The molecule has 1 aromatic heterocycles. The monoisotopic (exact) mass is 443 g/mol. The zero-order chi connectivity index (χ0) is 23.7. The maximum Gasteiger partial charge on any atom is 0.307 e. The summed E-state index contributed by atoms with van der Waals surface area (Å²) in [6, 6.07) is 13.5. The highest BCUT2D eigenvalue weighted by molar-refractivity contribution is 6.33. The van der Waals surface area contributed by atoms with Gasteiger partial charge in [-0.2, -0.15) is 0 Å². The number of nitrogens with zero attached hydrogens (tertiary/aromatic N) is 2. The molecule has 1 aliphatic rings. The van der Waals surface area contributed by atoms with Gasteiger partial charge >= 0.3 is 5.97 Å². The van der Waals surface area contributed by atoms with Crippen molar-refractivity contribution in [3.05, 3.63) is 64.8 Å². The highest BCUT2D eigenvalue weighted by Gasteiger charge is 2.30. The van der Waals surface area contributed by atoms with Crippen LogP contribution in [0.1, 0.15) is 46.9 Å². The van der Waals surface area contributed by atoms with E-state index in [0.29, 0.717) is 47.7 Å². The Hall–Kier alpha value is -3.55. The number of aliphatic carboxylic acids is 1. The molecule has 1 aliphatic heterocycles. The minimum absolute atomic E-state index is 0.0574. The number of hydrogen-bond donors (Lipinski definition) is 2. The number of aromatic nitrogens is 1. The Balaban J connectivity index is 1.87. The molecule has 0 aliphatic carbocycles. The van der Waals surface area contributed by atoms with E-state index < -0.39 is 5.97 Å². The Bertz CT molecular complexity index is 1230. The Kier molecular flexibility index (Phi) is 6.27. The van der Waals surface area contributed by atoms with Crippen LogP contribution in [0.3, 0.4) is 0 Å². The predicted octanol–water partition coefficient (Wildman–Crippen LogP) is 1.81. The normalized spacial score (nSPS) is 14.0. The molecule has 0 bridgehead atoms. The van der Waals surface area contributed by atoms with Gasteiger partial charge in [0.05, 0.1) is 13.0 Å². The standard InChI is InChI=1S/C25H26BN3O4/c1-15(2)17-5-3-16(4-6-17)13-29-21-8-7-18(26)11-19(21)20(12-23(31)32)24(29)25(33)28-10-9-27-22(30)14-28/h3-8,11,15H,9-10,12-14H2,1-2H3,(H,27,30)(H,31,32). The van der Waals surface area contributed by atoms with Gasteiger partial charge in [-0.25, -0.2) is 0 Å². The van der Waals surface area contributed by atoms with E-state index in [2.05, 4.69) is 31.3 Å². The fraction of sp³-hybridized carbons (Fsp3) is 0.320. The number of nitrogens with one attached hydrogen (secondary N) is 1. The molecular formula is C25H26BN3O4. The summed E-state index contributed by atoms with van der Waals surface area (Å²) in [5.74, 6) is -1.22. The number of fused-ring (bicyclic) bond motifs is 1. The molecule has 2 radical (unpaired) electrons. The molecule has 33 heavy (non-hydrogen) atoms. The van der Waals surface area contributed by atoms with Crippen LogP contribution in [0.15, 0.2) is 42.5 Å². The molecule has 2 aromatic carbocycles.